The molecule has 1 fully saturated rings. The van der Waals surface area contributed by atoms with Crippen LogP contribution >= 0.6 is 15.9 Å². The minimum absolute atomic E-state index is 0.128. The van der Waals surface area contributed by atoms with Crippen LogP contribution in [-0.2, 0) is 6.54 Å². The fraction of sp³-hybridized carbons (Fsp3) is 0.429. The first-order valence-electron chi connectivity index (χ1n) is 7.04. The van der Waals surface area contributed by atoms with E-state index in [1.54, 1.807) is 12.1 Å². The van der Waals surface area contributed by atoms with Crippen LogP contribution in [0.15, 0.2) is 28.7 Å². The number of hydrogen-bond acceptors (Lipinski definition) is 4. The molecule has 0 unspecified atom stereocenters. The predicted octanol–water partition coefficient (Wildman–Crippen LogP) is 2.48. The van der Waals surface area contributed by atoms with Crippen molar-refractivity contribution < 1.29 is 4.79 Å². The highest BCUT2D eigenvalue weighted by molar-refractivity contribution is 9.10. The number of amides is 1. The maximum Gasteiger partial charge on any atom is 0.251 e. The molecule has 6 nitrogen and oxygen atoms in total. The standard InChI is InChI=1S/C14H16BrN5O/c15-11-5-3-4-10(8-11)14(21)16-9-13-17-18-19-20(13)12-6-1-2-7-12/h3-5,8,12H,1-2,6-7,9H2,(H,16,21). The molecule has 1 amide bonds. The molecule has 3 rings (SSSR count). The summed E-state index contributed by atoms with van der Waals surface area (Å²) in [7, 11) is 0. The number of halogens is 1. The van der Waals surface area contributed by atoms with E-state index >= 15 is 0 Å². The van der Waals surface area contributed by atoms with E-state index in [-0.39, 0.29) is 5.91 Å². The first kappa shape index (κ1) is 14.2. The summed E-state index contributed by atoms with van der Waals surface area (Å²) in [5.74, 6) is 0.586. The first-order chi connectivity index (χ1) is 10.2. The van der Waals surface area contributed by atoms with Crippen molar-refractivity contribution in [3.63, 3.8) is 0 Å². The Hall–Kier alpha value is -1.76. The number of tetrazole rings is 1. The number of aromatic nitrogens is 4. The van der Waals surface area contributed by atoms with Gasteiger partial charge >= 0.3 is 0 Å². The molecule has 1 saturated carbocycles. The van der Waals surface area contributed by atoms with Crippen molar-refractivity contribution >= 4 is 21.8 Å². The zero-order valence-corrected chi connectivity index (χ0v) is 13.1. The van der Waals surface area contributed by atoms with Gasteiger partial charge in [-0.05, 0) is 41.5 Å². The number of carbonyl (C=O) groups is 1. The molecule has 0 radical (unpaired) electrons. The number of nitrogens with zero attached hydrogens (tertiary/aromatic N) is 4. The van der Waals surface area contributed by atoms with Gasteiger partial charge in [-0.25, -0.2) is 4.68 Å². The van der Waals surface area contributed by atoms with Crippen LogP contribution in [0.3, 0.4) is 0 Å². The van der Waals surface area contributed by atoms with E-state index in [9.17, 15) is 4.79 Å². The number of carbonyl (C=O) groups excluding carboxylic acids is 1. The predicted molar refractivity (Wildman–Crippen MR) is 80.6 cm³/mol. The highest BCUT2D eigenvalue weighted by Gasteiger charge is 2.21. The van der Waals surface area contributed by atoms with Gasteiger partial charge in [0.1, 0.15) is 0 Å². The van der Waals surface area contributed by atoms with Gasteiger partial charge in [-0.2, -0.15) is 0 Å². The van der Waals surface area contributed by atoms with Gasteiger partial charge in [0.15, 0.2) is 5.82 Å². The van der Waals surface area contributed by atoms with E-state index < -0.39 is 0 Å². The number of benzene rings is 1. The maximum absolute atomic E-state index is 12.1. The Labute approximate surface area is 131 Å². The van der Waals surface area contributed by atoms with Crippen molar-refractivity contribution in [3.05, 3.63) is 40.1 Å². The lowest BCUT2D eigenvalue weighted by molar-refractivity contribution is 0.0949. The van der Waals surface area contributed by atoms with Gasteiger partial charge in [0.2, 0.25) is 0 Å². The van der Waals surface area contributed by atoms with Crippen molar-refractivity contribution in [2.24, 2.45) is 0 Å². The zero-order valence-electron chi connectivity index (χ0n) is 11.5. The van der Waals surface area contributed by atoms with E-state index in [0.29, 0.717) is 24.0 Å². The second-order valence-electron chi connectivity index (χ2n) is 5.17. The lowest BCUT2D eigenvalue weighted by atomic mass is 10.2. The van der Waals surface area contributed by atoms with Crippen LogP contribution in [0.2, 0.25) is 0 Å². The van der Waals surface area contributed by atoms with Crippen molar-refractivity contribution in [2.45, 2.75) is 38.3 Å². The Morgan fingerprint density at radius 1 is 1.38 bits per heavy atom. The summed E-state index contributed by atoms with van der Waals surface area (Å²) < 4.78 is 2.74. The average molecular weight is 350 g/mol. The third kappa shape index (κ3) is 3.29. The SMILES string of the molecule is O=C(NCc1nnnn1C1CCCC1)c1cccc(Br)c1. The Morgan fingerprint density at radius 3 is 2.95 bits per heavy atom. The van der Waals surface area contributed by atoms with Crippen LogP contribution in [0.5, 0.6) is 0 Å². The molecule has 110 valence electrons. The molecule has 1 aromatic heterocycles. The van der Waals surface area contributed by atoms with Gasteiger partial charge in [-0.1, -0.05) is 34.8 Å². The molecule has 0 atom stereocenters. The van der Waals surface area contributed by atoms with Crippen molar-refractivity contribution in [2.75, 3.05) is 0 Å². The van der Waals surface area contributed by atoms with Crippen LogP contribution in [0.25, 0.3) is 0 Å². The lowest BCUT2D eigenvalue weighted by Gasteiger charge is -2.11. The van der Waals surface area contributed by atoms with Gasteiger partial charge < -0.3 is 5.32 Å². The Morgan fingerprint density at radius 2 is 2.19 bits per heavy atom. The molecule has 0 saturated heterocycles. The topological polar surface area (TPSA) is 72.7 Å². The quantitative estimate of drug-likeness (QED) is 0.920. The Kier molecular flexibility index (Phi) is 4.28. The summed E-state index contributed by atoms with van der Waals surface area (Å²) >= 11 is 3.36. The van der Waals surface area contributed by atoms with E-state index in [1.807, 2.05) is 16.8 Å². The third-order valence-electron chi connectivity index (χ3n) is 3.73. The monoisotopic (exact) mass is 349 g/mol. The molecule has 7 heteroatoms. The van der Waals surface area contributed by atoms with Crippen LogP contribution in [-0.4, -0.2) is 26.1 Å². The molecule has 21 heavy (non-hydrogen) atoms. The highest BCUT2D eigenvalue weighted by Crippen LogP contribution is 2.29. The van der Waals surface area contributed by atoms with E-state index in [4.69, 9.17) is 0 Å². The fourth-order valence-electron chi connectivity index (χ4n) is 2.65. The molecule has 1 aromatic carbocycles. The molecule has 1 N–H and O–H groups in total. The Balaban J connectivity index is 1.65. The highest BCUT2D eigenvalue weighted by atomic mass is 79.9. The maximum atomic E-state index is 12.1. The van der Waals surface area contributed by atoms with Crippen LogP contribution in [0, 0.1) is 0 Å². The van der Waals surface area contributed by atoms with Crippen LogP contribution < -0.4 is 5.32 Å². The fourth-order valence-corrected chi connectivity index (χ4v) is 3.05. The van der Waals surface area contributed by atoms with Gasteiger partial charge in [0.05, 0.1) is 12.6 Å². The van der Waals surface area contributed by atoms with Crippen LogP contribution in [0.4, 0.5) is 0 Å². The summed E-state index contributed by atoms with van der Waals surface area (Å²) in [5, 5.41) is 14.7. The zero-order chi connectivity index (χ0) is 14.7. The van der Waals surface area contributed by atoms with Gasteiger partial charge in [0, 0.05) is 10.0 Å². The van der Waals surface area contributed by atoms with Gasteiger partial charge in [0.25, 0.3) is 5.91 Å². The molecular weight excluding hydrogens is 334 g/mol. The van der Waals surface area contributed by atoms with E-state index in [1.165, 1.54) is 12.8 Å². The summed E-state index contributed by atoms with van der Waals surface area (Å²) in [4.78, 5) is 12.1. The summed E-state index contributed by atoms with van der Waals surface area (Å²) in [6.45, 7) is 0.342. The normalized spacial score (nSPS) is 15.3. The number of nitrogens with one attached hydrogen (secondary N) is 1. The summed E-state index contributed by atoms with van der Waals surface area (Å²) in [6.07, 6.45) is 4.65. The van der Waals surface area contributed by atoms with Gasteiger partial charge in [-0.3, -0.25) is 4.79 Å². The summed E-state index contributed by atoms with van der Waals surface area (Å²) in [6, 6.07) is 7.66. The minimum atomic E-state index is -0.128. The number of rotatable bonds is 4. The third-order valence-corrected chi connectivity index (χ3v) is 4.22. The number of hydrogen-bond donors (Lipinski definition) is 1. The second-order valence-corrected chi connectivity index (χ2v) is 6.09. The smallest absolute Gasteiger partial charge is 0.251 e. The molecule has 0 spiro atoms. The first-order valence-corrected chi connectivity index (χ1v) is 7.84. The summed E-state index contributed by atoms with van der Waals surface area (Å²) in [5.41, 5.74) is 0.615. The van der Waals surface area contributed by atoms with Crippen molar-refractivity contribution in [1.29, 1.82) is 0 Å². The van der Waals surface area contributed by atoms with E-state index in [2.05, 4.69) is 36.8 Å². The molecule has 1 aliphatic rings. The second kappa shape index (κ2) is 6.34. The molecular formula is C14H16BrN5O. The van der Waals surface area contributed by atoms with Crippen molar-refractivity contribution in [3.8, 4) is 0 Å². The Bertz CT molecular complexity index is 636. The van der Waals surface area contributed by atoms with Gasteiger partial charge in [-0.15, -0.1) is 5.10 Å². The largest absolute Gasteiger partial charge is 0.345 e. The molecule has 0 bridgehead atoms. The van der Waals surface area contributed by atoms with Crippen molar-refractivity contribution in [1.82, 2.24) is 25.5 Å². The minimum Gasteiger partial charge on any atom is -0.345 e. The average Bonchev–Trinajstić information content (AvgIpc) is 3.15. The molecule has 0 aliphatic heterocycles. The lowest BCUT2D eigenvalue weighted by Crippen LogP contribution is -2.25. The molecule has 1 aliphatic carbocycles. The molecule has 1 heterocycles. The van der Waals surface area contributed by atoms with E-state index in [0.717, 1.165) is 17.3 Å². The van der Waals surface area contributed by atoms with Crippen LogP contribution in [0.1, 0.15) is 47.9 Å². The molecule has 2 aromatic rings.